The molecule has 0 unspecified atom stereocenters. The van der Waals surface area contributed by atoms with Gasteiger partial charge in [0.05, 0.1) is 0 Å². The van der Waals surface area contributed by atoms with E-state index in [2.05, 4.69) is 12.1 Å². The first-order valence-electron chi connectivity index (χ1n) is 6.23. The van der Waals surface area contributed by atoms with Crippen molar-refractivity contribution in [2.75, 3.05) is 0 Å². The van der Waals surface area contributed by atoms with Crippen LogP contribution >= 0.6 is 0 Å². The molecule has 0 heterocycles. The summed E-state index contributed by atoms with van der Waals surface area (Å²) in [4.78, 5) is 11.1. The molecule has 92 valence electrons. The van der Waals surface area contributed by atoms with Crippen LogP contribution in [0.25, 0.3) is 0 Å². The highest BCUT2D eigenvalue weighted by molar-refractivity contribution is 5.65. The number of benzene rings is 1. The highest BCUT2D eigenvalue weighted by Crippen LogP contribution is 2.34. The Labute approximate surface area is 102 Å². The third kappa shape index (κ3) is 3.22. The normalized spacial score (nSPS) is 18.6. The molecule has 0 radical (unpaired) electrons. The Hall–Kier alpha value is -1.51. The van der Waals surface area contributed by atoms with Crippen LogP contribution in [0.15, 0.2) is 30.3 Å². The minimum Gasteiger partial charge on any atom is -0.443 e. The highest BCUT2D eigenvalue weighted by atomic mass is 16.6. The number of amides is 1. The Bertz CT molecular complexity index is 369. The molecular formula is C14H19NO2. The van der Waals surface area contributed by atoms with Crippen molar-refractivity contribution in [3.8, 4) is 0 Å². The molecule has 1 saturated carbocycles. The molecule has 1 fully saturated rings. The molecule has 1 amide bonds. The van der Waals surface area contributed by atoms with E-state index in [1.54, 1.807) is 0 Å². The SMILES string of the molecule is NC(=O)OC1(Cc2ccccc2)CCCCC1. The second-order valence-corrected chi connectivity index (χ2v) is 4.83. The van der Waals surface area contributed by atoms with Gasteiger partial charge in [-0.2, -0.15) is 0 Å². The van der Waals surface area contributed by atoms with E-state index in [1.165, 1.54) is 12.0 Å². The molecule has 1 aliphatic rings. The van der Waals surface area contributed by atoms with E-state index < -0.39 is 6.09 Å². The average molecular weight is 233 g/mol. The van der Waals surface area contributed by atoms with Crippen LogP contribution in [-0.2, 0) is 11.2 Å². The second kappa shape index (κ2) is 5.21. The predicted octanol–water partition coefficient (Wildman–Crippen LogP) is 3.03. The van der Waals surface area contributed by atoms with E-state index in [1.807, 2.05) is 18.2 Å². The lowest BCUT2D eigenvalue weighted by Gasteiger charge is -2.36. The van der Waals surface area contributed by atoms with Gasteiger partial charge in [0.1, 0.15) is 5.60 Å². The number of hydrogen-bond donors (Lipinski definition) is 1. The fourth-order valence-corrected chi connectivity index (χ4v) is 2.69. The van der Waals surface area contributed by atoms with Crippen molar-refractivity contribution in [2.24, 2.45) is 5.73 Å². The lowest BCUT2D eigenvalue weighted by atomic mass is 9.80. The Balaban J connectivity index is 2.12. The van der Waals surface area contributed by atoms with Gasteiger partial charge in [-0.15, -0.1) is 0 Å². The summed E-state index contributed by atoms with van der Waals surface area (Å²) in [6.45, 7) is 0. The zero-order valence-corrected chi connectivity index (χ0v) is 10.0. The van der Waals surface area contributed by atoms with Crippen LogP contribution in [0.5, 0.6) is 0 Å². The summed E-state index contributed by atoms with van der Waals surface area (Å²) in [5, 5.41) is 0. The van der Waals surface area contributed by atoms with Crippen LogP contribution in [0.2, 0.25) is 0 Å². The molecule has 1 aliphatic carbocycles. The van der Waals surface area contributed by atoms with Gasteiger partial charge in [-0.1, -0.05) is 36.8 Å². The second-order valence-electron chi connectivity index (χ2n) is 4.83. The molecule has 0 aromatic heterocycles. The first-order chi connectivity index (χ1) is 8.20. The molecule has 17 heavy (non-hydrogen) atoms. The summed E-state index contributed by atoms with van der Waals surface area (Å²) >= 11 is 0. The first-order valence-corrected chi connectivity index (χ1v) is 6.23. The molecule has 1 aromatic rings. The van der Waals surface area contributed by atoms with E-state index in [-0.39, 0.29) is 5.60 Å². The summed E-state index contributed by atoms with van der Waals surface area (Å²) in [6, 6.07) is 10.2. The van der Waals surface area contributed by atoms with Gasteiger partial charge in [0.15, 0.2) is 0 Å². The molecule has 2 rings (SSSR count). The average Bonchev–Trinajstić information content (AvgIpc) is 2.30. The van der Waals surface area contributed by atoms with E-state index >= 15 is 0 Å². The van der Waals surface area contributed by atoms with Crippen molar-refractivity contribution in [2.45, 2.75) is 44.1 Å². The van der Waals surface area contributed by atoms with Crippen molar-refractivity contribution < 1.29 is 9.53 Å². The maximum Gasteiger partial charge on any atom is 0.405 e. The van der Waals surface area contributed by atoms with Gasteiger partial charge >= 0.3 is 6.09 Å². The number of hydrogen-bond acceptors (Lipinski definition) is 2. The summed E-state index contributed by atoms with van der Waals surface area (Å²) in [7, 11) is 0. The van der Waals surface area contributed by atoms with Crippen molar-refractivity contribution in [1.82, 2.24) is 0 Å². The number of ether oxygens (including phenoxy) is 1. The zero-order chi connectivity index (χ0) is 12.1. The summed E-state index contributed by atoms with van der Waals surface area (Å²) in [6.07, 6.45) is 5.41. The Morgan fingerprint density at radius 1 is 1.18 bits per heavy atom. The van der Waals surface area contributed by atoms with Crippen LogP contribution in [0.3, 0.4) is 0 Å². The monoisotopic (exact) mass is 233 g/mol. The van der Waals surface area contributed by atoms with Crippen LogP contribution in [0.1, 0.15) is 37.7 Å². The first kappa shape index (κ1) is 12.0. The fourth-order valence-electron chi connectivity index (χ4n) is 2.69. The lowest BCUT2D eigenvalue weighted by Crippen LogP contribution is -2.41. The smallest absolute Gasteiger partial charge is 0.405 e. The predicted molar refractivity (Wildman–Crippen MR) is 66.6 cm³/mol. The van der Waals surface area contributed by atoms with E-state index in [4.69, 9.17) is 10.5 Å². The van der Waals surface area contributed by atoms with E-state index in [0.717, 1.165) is 32.1 Å². The standard InChI is InChI=1S/C14H19NO2/c15-13(16)17-14(9-5-2-6-10-14)11-12-7-3-1-4-8-12/h1,3-4,7-8H,2,5-6,9-11H2,(H2,15,16). The van der Waals surface area contributed by atoms with Crippen LogP contribution in [0, 0.1) is 0 Å². The number of nitrogens with two attached hydrogens (primary N) is 1. The number of rotatable bonds is 3. The quantitative estimate of drug-likeness (QED) is 0.872. The Morgan fingerprint density at radius 2 is 1.82 bits per heavy atom. The summed E-state index contributed by atoms with van der Waals surface area (Å²) < 4.78 is 5.42. The fraction of sp³-hybridized carbons (Fsp3) is 0.500. The third-order valence-electron chi connectivity index (χ3n) is 3.45. The van der Waals surface area contributed by atoms with Gasteiger partial charge in [0, 0.05) is 6.42 Å². The molecule has 0 atom stereocenters. The van der Waals surface area contributed by atoms with Crippen LogP contribution in [0.4, 0.5) is 4.79 Å². The molecule has 3 nitrogen and oxygen atoms in total. The third-order valence-corrected chi connectivity index (χ3v) is 3.45. The number of primary amides is 1. The molecule has 0 bridgehead atoms. The molecule has 3 heteroatoms. The number of carbonyl (C=O) groups is 1. The molecular weight excluding hydrogens is 214 g/mol. The van der Waals surface area contributed by atoms with E-state index in [9.17, 15) is 4.79 Å². The molecule has 1 aromatic carbocycles. The molecule has 0 spiro atoms. The van der Waals surface area contributed by atoms with Gasteiger partial charge in [0.25, 0.3) is 0 Å². The van der Waals surface area contributed by atoms with Crippen molar-refractivity contribution in [1.29, 1.82) is 0 Å². The van der Waals surface area contributed by atoms with Crippen molar-refractivity contribution in [3.05, 3.63) is 35.9 Å². The number of carbonyl (C=O) groups excluding carboxylic acids is 1. The van der Waals surface area contributed by atoms with Crippen LogP contribution < -0.4 is 5.73 Å². The summed E-state index contributed by atoms with van der Waals surface area (Å²) in [5.41, 5.74) is 6.04. The Kier molecular flexibility index (Phi) is 3.67. The minimum atomic E-state index is -0.650. The van der Waals surface area contributed by atoms with Crippen LogP contribution in [-0.4, -0.2) is 11.7 Å². The summed E-state index contributed by atoms with van der Waals surface area (Å²) in [5.74, 6) is 0. The van der Waals surface area contributed by atoms with Crippen molar-refractivity contribution in [3.63, 3.8) is 0 Å². The topological polar surface area (TPSA) is 52.3 Å². The van der Waals surface area contributed by atoms with Crippen molar-refractivity contribution >= 4 is 6.09 Å². The minimum absolute atomic E-state index is 0.370. The van der Waals surface area contributed by atoms with E-state index in [0.29, 0.717) is 0 Å². The maximum atomic E-state index is 11.1. The maximum absolute atomic E-state index is 11.1. The molecule has 0 aliphatic heterocycles. The van der Waals surface area contributed by atoms with Gasteiger partial charge in [-0.25, -0.2) is 4.79 Å². The van der Waals surface area contributed by atoms with Gasteiger partial charge < -0.3 is 10.5 Å². The van der Waals surface area contributed by atoms with Gasteiger partial charge in [-0.05, 0) is 31.2 Å². The van der Waals surface area contributed by atoms with Gasteiger partial charge in [-0.3, -0.25) is 0 Å². The molecule has 2 N–H and O–H groups in total. The Morgan fingerprint density at radius 3 is 2.41 bits per heavy atom. The lowest BCUT2D eigenvalue weighted by molar-refractivity contribution is -0.0117. The highest BCUT2D eigenvalue weighted by Gasteiger charge is 2.35. The molecule has 0 saturated heterocycles. The largest absolute Gasteiger partial charge is 0.443 e. The van der Waals surface area contributed by atoms with Gasteiger partial charge in [0.2, 0.25) is 0 Å². The zero-order valence-electron chi connectivity index (χ0n) is 10.0.